The quantitative estimate of drug-likeness (QED) is 0.764. The molecule has 0 fully saturated rings. The predicted octanol–water partition coefficient (Wildman–Crippen LogP) is 2.97. The second-order valence-electron chi connectivity index (χ2n) is 3.72. The molecule has 0 amide bonds. The van der Waals surface area contributed by atoms with Gasteiger partial charge < -0.3 is 10.7 Å². The molecule has 0 spiro atoms. The number of hydrogen-bond acceptors (Lipinski definition) is 1. The minimum absolute atomic E-state index is 0.180. The summed E-state index contributed by atoms with van der Waals surface area (Å²) in [5.41, 5.74) is 8.47. The minimum atomic E-state index is 0.180. The summed E-state index contributed by atoms with van der Waals surface area (Å²) in [5.74, 6) is 0. The molecule has 0 unspecified atom stereocenters. The lowest BCUT2D eigenvalue weighted by Crippen LogP contribution is -2.09. The van der Waals surface area contributed by atoms with Crippen molar-refractivity contribution in [3.05, 3.63) is 36.0 Å². The van der Waals surface area contributed by atoms with Gasteiger partial charge in [-0.3, -0.25) is 0 Å². The molecule has 1 aromatic heterocycles. The molecule has 0 aliphatic carbocycles. The maximum atomic E-state index is 6.06. The van der Waals surface area contributed by atoms with Crippen LogP contribution in [0.5, 0.6) is 0 Å². The predicted molar refractivity (Wildman–Crippen MR) is 60.1 cm³/mol. The summed E-state index contributed by atoms with van der Waals surface area (Å²) in [6.07, 6.45) is 4.14. The molecule has 0 aliphatic heterocycles. The van der Waals surface area contributed by atoms with Crippen LogP contribution in [0.25, 0.3) is 10.9 Å². The van der Waals surface area contributed by atoms with Crippen LogP contribution in [-0.2, 0) is 0 Å². The number of aromatic nitrogens is 1. The average Bonchev–Trinajstić information content (AvgIpc) is 2.64. The van der Waals surface area contributed by atoms with Crippen LogP contribution in [-0.4, -0.2) is 4.98 Å². The Morgan fingerprint density at radius 2 is 2.21 bits per heavy atom. The molecule has 1 atom stereocenters. The van der Waals surface area contributed by atoms with Gasteiger partial charge in [-0.25, -0.2) is 0 Å². The molecule has 0 saturated heterocycles. The van der Waals surface area contributed by atoms with E-state index < -0.39 is 0 Å². The van der Waals surface area contributed by atoms with Crippen LogP contribution >= 0.6 is 0 Å². The van der Waals surface area contributed by atoms with Gasteiger partial charge in [0.1, 0.15) is 0 Å². The van der Waals surface area contributed by atoms with Gasteiger partial charge in [0, 0.05) is 17.8 Å². The molecular weight excluding hydrogens is 172 g/mol. The second kappa shape index (κ2) is 3.84. The second-order valence-corrected chi connectivity index (χ2v) is 3.72. The van der Waals surface area contributed by atoms with E-state index >= 15 is 0 Å². The van der Waals surface area contributed by atoms with Crippen molar-refractivity contribution in [1.82, 2.24) is 4.98 Å². The number of rotatable bonds is 3. The normalized spacial score (nSPS) is 13.3. The van der Waals surface area contributed by atoms with Crippen molar-refractivity contribution in [2.75, 3.05) is 0 Å². The summed E-state index contributed by atoms with van der Waals surface area (Å²) >= 11 is 0. The first-order valence-electron chi connectivity index (χ1n) is 5.14. The molecule has 74 valence electrons. The van der Waals surface area contributed by atoms with E-state index in [4.69, 9.17) is 5.73 Å². The Hall–Kier alpha value is -1.28. The maximum Gasteiger partial charge on any atom is 0.0454 e. The first-order valence-corrected chi connectivity index (χ1v) is 5.14. The van der Waals surface area contributed by atoms with Crippen molar-refractivity contribution in [3.63, 3.8) is 0 Å². The Kier molecular flexibility index (Phi) is 2.55. The molecule has 0 radical (unpaired) electrons. The van der Waals surface area contributed by atoms with E-state index in [1.807, 2.05) is 6.20 Å². The van der Waals surface area contributed by atoms with E-state index in [1.54, 1.807) is 0 Å². The number of fused-ring (bicyclic) bond motifs is 1. The summed E-state index contributed by atoms with van der Waals surface area (Å²) in [6.45, 7) is 2.16. The molecular formula is C12H16N2. The van der Waals surface area contributed by atoms with Crippen LogP contribution in [0.1, 0.15) is 31.4 Å². The monoisotopic (exact) mass is 188 g/mol. The van der Waals surface area contributed by atoms with Gasteiger partial charge in [-0.1, -0.05) is 19.4 Å². The summed E-state index contributed by atoms with van der Waals surface area (Å²) in [7, 11) is 0. The lowest BCUT2D eigenvalue weighted by molar-refractivity contribution is 0.639. The molecule has 2 rings (SSSR count). The Morgan fingerprint density at radius 1 is 1.36 bits per heavy atom. The molecule has 0 bridgehead atoms. The summed E-state index contributed by atoms with van der Waals surface area (Å²) in [5, 5.41) is 1.24. The Bertz CT molecular complexity index is 417. The van der Waals surface area contributed by atoms with E-state index in [0.29, 0.717) is 0 Å². The van der Waals surface area contributed by atoms with Gasteiger partial charge in [0.2, 0.25) is 0 Å². The number of benzene rings is 1. The van der Waals surface area contributed by atoms with Gasteiger partial charge in [-0.05, 0) is 35.6 Å². The van der Waals surface area contributed by atoms with Crippen molar-refractivity contribution in [3.8, 4) is 0 Å². The van der Waals surface area contributed by atoms with Gasteiger partial charge in [0.25, 0.3) is 0 Å². The molecule has 2 nitrogen and oxygen atoms in total. The molecule has 1 aromatic carbocycles. The molecule has 1 heterocycles. The average molecular weight is 188 g/mol. The summed E-state index contributed by atoms with van der Waals surface area (Å²) in [6, 6.07) is 8.64. The van der Waals surface area contributed by atoms with Crippen LogP contribution < -0.4 is 5.73 Å². The van der Waals surface area contributed by atoms with E-state index in [-0.39, 0.29) is 6.04 Å². The number of aromatic amines is 1. The third-order valence-electron chi connectivity index (χ3n) is 2.61. The van der Waals surface area contributed by atoms with Gasteiger partial charge in [0.05, 0.1) is 0 Å². The number of H-pyrrole nitrogens is 1. The first-order chi connectivity index (χ1) is 6.81. The number of hydrogen-bond donors (Lipinski definition) is 2. The Labute approximate surface area is 84.1 Å². The standard InChI is InChI=1S/C12H16N2/c1-2-3-11(13)9-4-5-12-10(8-9)6-7-14-12/h4-8,11,14H,2-3,13H2,1H3/t11-/m0/s1. The van der Waals surface area contributed by atoms with Gasteiger partial charge in [-0.2, -0.15) is 0 Å². The van der Waals surface area contributed by atoms with Crippen molar-refractivity contribution in [1.29, 1.82) is 0 Å². The Morgan fingerprint density at radius 3 is 3.00 bits per heavy atom. The van der Waals surface area contributed by atoms with Crippen LogP contribution in [0, 0.1) is 0 Å². The van der Waals surface area contributed by atoms with E-state index in [2.05, 4.69) is 36.2 Å². The zero-order chi connectivity index (χ0) is 9.97. The summed E-state index contributed by atoms with van der Waals surface area (Å²) in [4.78, 5) is 3.18. The van der Waals surface area contributed by atoms with Crippen molar-refractivity contribution in [2.45, 2.75) is 25.8 Å². The highest BCUT2D eigenvalue weighted by atomic mass is 14.7. The molecule has 0 aliphatic rings. The van der Waals surface area contributed by atoms with E-state index in [1.165, 1.54) is 16.5 Å². The van der Waals surface area contributed by atoms with Crippen LogP contribution in [0.15, 0.2) is 30.5 Å². The van der Waals surface area contributed by atoms with Gasteiger partial charge >= 0.3 is 0 Å². The van der Waals surface area contributed by atoms with Crippen molar-refractivity contribution in [2.24, 2.45) is 5.73 Å². The Balaban J connectivity index is 2.33. The first kappa shape index (κ1) is 9.28. The number of nitrogens with one attached hydrogen (secondary N) is 1. The minimum Gasteiger partial charge on any atom is -0.361 e. The topological polar surface area (TPSA) is 41.8 Å². The van der Waals surface area contributed by atoms with E-state index in [0.717, 1.165) is 12.8 Å². The molecule has 2 heteroatoms. The SMILES string of the molecule is CCC[C@H](N)c1ccc2[nH]ccc2c1. The third-order valence-corrected chi connectivity index (χ3v) is 2.61. The largest absolute Gasteiger partial charge is 0.361 e. The lowest BCUT2D eigenvalue weighted by atomic mass is 10.0. The van der Waals surface area contributed by atoms with Crippen molar-refractivity contribution < 1.29 is 0 Å². The van der Waals surface area contributed by atoms with Gasteiger partial charge in [0.15, 0.2) is 0 Å². The van der Waals surface area contributed by atoms with Crippen LogP contribution in [0.4, 0.5) is 0 Å². The zero-order valence-corrected chi connectivity index (χ0v) is 8.46. The highest BCUT2D eigenvalue weighted by molar-refractivity contribution is 5.80. The smallest absolute Gasteiger partial charge is 0.0454 e. The van der Waals surface area contributed by atoms with Gasteiger partial charge in [-0.15, -0.1) is 0 Å². The molecule has 3 N–H and O–H groups in total. The molecule has 2 aromatic rings. The lowest BCUT2D eigenvalue weighted by Gasteiger charge is -2.10. The maximum absolute atomic E-state index is 6.06. The highest BCUT2D eigenvalue weighted by Crippen LogP contribution is 2.20. The number of nitrogens with two attached hydrogens (primary N) is 1. The fraction of sp³-hybridized carbons (Fsp3) is 0.333. The fourth-order valence-corrected chi connectivity index (χ4v) is 1.78. The zero-order valence-electron chi connectivity index (χ0n) is 8.46. The summed E-state index contributed by atoms with van der Waals surface area (Å²) < 4.78 is 0. The fourth-order valence-electron chi connectivity index (χ4n) is 1.78. The third kappa shape index (κ3) is 1.66. The molecule has 0 saturated carbocycles. The van der Waals surface area contributed by atoms with Crippen LogP contribution in [0.3, 0.4) is 0 Å². The van der Waals surface area contributed by atoms with Crippen molar-refractivity contribution >= 4 is 10.9 Å². The molecule has 14 heavy (non-hydrogen) atoms. The van der Waals surface area contributed by atoms with Crippen LogP contribution in [0.2, 0.25) is 0 Å². The van der Waals surface area contributed by atoms with E-state index in [9.17, 15) is 0 Å². The highest BCUT2D eigenvalue weighted by Gasteiger charge is 2.05.